The summed E-state index contributed by atoms with van der Waals surface area (Å²) in [4.78, 5) is 23.5. The van der Waals surface area contributed by atoms with Crippen LogP contribution < -0.4 is 10.4 Å². The van der Waals surface area contributed by atoms with Crippen molar-refractivity contribution in [1.82, 2.24) is 15.3 Å². The number of nitrogens with zero attached hydrogens (tertiary/aromatic N) is 3. The van der Waals surface area contributed by atoms with Crippen molar-refractivity contribution in [3.63, 3.8) is 0 Å². The van der Waals surface area contributed by atoms with Crippen LogP contribution in [0, 0.1) is 5.41 Å². The van der Waals surface area contributed by atoms with Gasteiger partial charge >= 0.3 is 5.97 Å². The second kappa shape index (κ2) is 12.0. The van der Waals surface area contributed by atoms with Crippen LogP contribution in [0.5, 0.6) is 0 Å². The molecule has 0 amide bonds. The third kappa shape index (κ3) is 6.67. The molecule has 5 rings (SSSR count). The van der Waals surface area contributed by atoms with Gasteiger partial charge in [0.2, 0.25) is 0 Å². The Kier molecular flexibility index (Phi) is 8.35. The standard InChI is InChI=1S/C28H37N5O4/c29-28(33-16-14-32(15-17-33)23-4-2-1-3-5-23)22-8-6-21(7-9-22)26-18-25(37-30-26)19-31-12-10-24(11-13-31)36-20-27(34)35/h1-9,24-26,29-30H,10-20H2,(H,34,35). The van der Waals surface area contributed by atoms with Gasteiger partial charge in [0, 0.05) is 57.1 Å². The van der Waals surface area contributed by atoms with Crippen LogP contribution in [-0.2, 0) is 14.4 Å². The highest BCUT2D eigenvalue weighted by molar-refractivity contribution is 5.96. The molecule has 0 spiro atoms. The van der Waals surface area contributed by atoms with Crippen LogP contribution in [0.25, 0.3) is 0 Å². The number of rotatable bonds is 8. The summed E-state index contributed by atoms with van der Waals surface area (Å²) in [5, 5.41) is 17.5. The largest absolute Gasteiger partial charge is 0.480 e. The Hall–Kier alpha value is -2.98. The number of piperidine rings is 1. The second-order valence-electron chi connectivity index (χ2n) is 10.1. The number of hydrogen-bond donors (Lipinski definition) is 3. The first-order valence-electron chi connectivity index (χ1n) is 13.3. The minimum absolute atomic E-state index is 0.0349. The van der Waals surface area contributed by atoms with Gasteiger partial charge in [0.05, 0.1) is 18.2 Å². The number of amidine groups is 1. The van der Waals surface area contributed by atoms with Crippen LogP contribution in [0.4, 0.5) is 5.69 Å². The molecule has 9 nitrogen and oxygen atoms in total. The molecular weight excluding hydrogens is 470 g/mol. The molecule has 37 heavy (non-hydrogen) atoms. The monoisotopic (exact) mass is 507 g/mol. The normalized spacial score (nSPS) is 23.4. The Morgan fingerprint density at radius 2 is 1.70 bits per heavy atom. The van der Waals surface area contributed by atoms with Crippen molar-refractivity contribution in [2.45, 2.75) is 37.5 Å². The summed E-state index contributed by atoms with van der Waals surface area (Å²) in [6.07, 6.45) is 2.75. The molecule has 2 aromatic rings. The minimum atomic E-state index is -0.912. The minimum Gasteiger partial charge on any atom is -0.480 e. The topological polar surface area (TPSA) is 101 Å². The molecule has 3 fully saturated rings. The molecule has 0 aromatic heterocycles. The molecule has 3 aliphatic heterocycles. The predicted molar refractivity (Wildman–Crippen MR) is 142 cm³/mol. The fourth-order valence-electron chi connectivity index (χ4n) is 5.47. The molecule has 3 saturated heterocycles. The summed E-state index contributed by atoms with van der Waals surface area (Å²) in [6, 6.07) is 18.9. The molecule has 3 N–H and O–H groups in total. The zero-order chi connectivity index (χ0) is 25.6. The van der Waals surface area contributed by atoms with E-state index in [-0.39, 0.29) is 24.9 Å². The van der Waals surface area contributed by atoms with Gasteiger partial charge in [-0.05, 0) is 37.0 Å². The summed E-state index contributed by atoms with van der Waals surface area (Å²) >= 11 is 0. The molecule has 3 aliphatic rings. The quantitative estimate of drug-likeness (QED) is 0.370. The smallest absolute Gasteiger partial charge is 0.329 e. The maximum Gasteiger partial charge on any atom is 0.329 e. The summed E-state index contributed by atoms with van der Waals surface area (Å²) in [6.45, 7) is 5.95. The summed E-state index contributed by atoms with van der Waals surface area (Å²) in [5.74, 6) is -0.325. The van der Waals surface area contributed by atoms with Gasteiger partial charge < -0.3 is 24.5 Å². The number of hydroxylamine groups is 1. The lowest BCUT2D eigenvalue weighted by atomic mass is 9.99. The molecule has 0 saturated carbocycles. The SMILES string of the molecule is N=C(c1ccc(C2CC(CN3CCC(OCC(=O)O)CC3)ON2)cc1)N1CCN(c2ccccc2)CC1. The summed E-state index contributed by atoms with van der Waals surface area (Å²) < 4.78 is 5.44. The van der Waals surface area contributed by atoms with E-state index in [1.54, 1.807) is 0 Å². The lowest BCUT2D eigenvalue weighted by Crippen LogP contribution is -2.48. The fraction of sp³-hybridized carbons (Fsp3) is 0.500. The van der Waals surface area contributed by atoms with Crippen LogP contribution in [0.3, 0.4) is 0 Å². The number of likely N-dealkylation sites (tertiary alicyclic amines) is 1. The fourth-order valence-corrected chi connectivity index (χ4v) is 5.47. The average molecular weight is 508 g/mol. The van der Waals surface area contributed by atoms with E-state index in [1.807, 2.05) is 6.07 Å². The van der Waals surface area contributed by atoms with E-state index in [9.17, 15) is 4.79 Å². The number of carbonyl (C=O) groups is 1. The number of benzene rings is 2. The number of ether oxygens (including phenoxy) is 1. The number of aliphatic carboxylic acids is 1. The lowest BCUT2D eigenvalue weighted by Gasteiger charge is -2.37. The molecule has 2 aromatic carbocycles. The Bertz CT molecular complexity index is 1030. The van der Waals surface area contributed by atoms with E-state index in [0.717, 1.165) is 70.6 Å². The molecule has 2 atom stereocenters. The number of nitrogens with one attached hydrogen (secondary N) is 2. The van der Waals surface area contributed by atoms with E-state index in [2.05, 4.69) is 68.7 Å². The molecule has 0 bridgehead atoms. The number of carboxylic acids is 1. The Morgan fingerprint density at radius 3 is 2.38 bits per heavy atom. The number of para-hydroxylation sites is 1. The van der Waals surface area contributed by atoms with Crippen molar-refractivity contribution in [2.75, 3.05) is 57.3 Å². The Balaban J connectivity index is 1.06. The third-order valence-electron chi connectivity index (χ3n) is 7.62. The van der Waals surface area contributed by atoms with E-state index in [0.29, 0.717) is 5.84 Å². The van der Waals surface area contributed by atoms with Crippen molar-refractivity contribution in [3.05, 3.63) is 65.7 Å². The van der Waals surface area contributed by atoms with Gasteiger partial charge in [-0.3, -0.25) is 10.2 Å². The van der Waals surface area contributed by atoms with Crippen molar-refractivity contribution in [3.8, 4) is 0 Å². The average Bonchev–Trinajstić information content (AvgIpc) is 3.41. The Morgan fingerprint density at radius 1 is 1.00 bits per heavy atom. The first-order chi connectivity index (χ1) is 18.0. The second-order valence-corrected chi connectivity index (χ2v) is 10.1. The maximum absolute atomic E-state index is 10.7. The van der Waals surface area contributed by atoms with Gasteiger partial charge in [-0.25, -0.2) is 4.79 Å². The van der Waals surface area contributed by atoms with Crippen LogP contribution in [0.1, 0.15) is 36.4 Å². The van der Waals surface area contributed by atoms with Crippen LogP contribution in [0.15, 0.2) is 54.6 Å². The Labute approximate surface area is 218 Å². The zero-order valence-electron chi connectivity index (χ0n) is 21.2. The predicted octanol–water partition coefficient (Wildman–Crippen LogP) is 2.73. The first-order valence-corrected chi connectivity index (χ1v) is 13.3. The summed E-state index contributed by atoms with van der Waals surface area (Å²) in [5.41, 5.74) is 6.57. The molecule has 2 unspecified atom stereocenters. The van der Waals surface area contributed by atoms with Gasteiger partial charge in [0.25, 0.3) is 0 Å². The first kappa shape index (κ1) is 25.7. The van der Waals surface area contributed by atoms with Crippen LogP contribution >= 0.6 is 0 Å². The van der Waals surface area contributed by atoms with Gasteiger partial charge in [-0.2, -0.15) is 5.48 Å². The van der Waals surface area contributed by atoms with Gasteiger partial charge in [0.15, 0.2) is 0 Å². The van der Waals surface area contributed by atoms with Gasteiger partial charge in [0.1, 0.15) is 12.4 Å². The maximum atomic E-state index is 10.7. The van der Waals surface area contributed by atoms with Crippen LogP contribution in [0.2, 0.25) is 0 Å². The molecule has 198 valence electrons. The summed E-state index contributed by atoms with van der Waals surface area (Å²) in [7, 11) is 0. The molecular formula is C28H37N5O4. The highest BCUT2D eigenvalue weighted by Gasteiger charge is 2.30. The number of carboxylic acid groups (broad SMARTS) is 1. The number of anilines is 1. The van der Waals surface area contributed by atoms with Crippen molar-refractivity contribution in [1.29, 1.82) is 5.41 Å². The van der Waals surface area contributed by atoms with Gasteiger partial charge in [-0.15, -0.1) is 0 Å². The van der Waals surface area contributed by atoms with E-state index in [4.69, 9.17) is 20.1 Å². The molecule has 3 heterocycles. The molecule has 0 aliphatic carbocycles. The van der Waals surface area contributed by atoms with E-state index >= 15 is 0 Å². The van der Waals surface area contributed by atoms with Crippen molar-refractivity contribution in [2.24, 2.45) is 0 Å². The number of piperazine rings is 1. The van der Waals surface area contributed by atoms with Gasteiger partial charge in [-0.1, -0.05) is 42.5 Å². The number of hydrogen-bond acceptors (Lipinski definition) is 7. The van der Waals surface area contributed by atoms with Crippen molar-refractivity contribution >= 4 is 17.5 Å². The highest BCUT2D eigenvalue weighted by atomic mass is 16.7. The zero-order valence-corrected chi connectivity index (χ0v) is 21.2. The van der Waals surface area contributed by atoms with E-state index < -0.39 is 5.97 Å². The molecule has 0 radical (unpaired) electrons. The third-order valence-corrected chi connectivity index (χ3v) is 7.62. The highest BCUT2D eigenvalue weighted by Crippen LogP contribution is 2.27. The van der Waals surface area contributed by atoms with E-state index in [1.165, 1.54) is 11.3 Å². The molecule has 9 heteroatoms. The lowest BCUT2D eigenvalue weighted by molar-refractivity contribution is -0.145. The van der Waals surface area contributed by atoms with Crippen LogP contribution in [-0.4, -0.2) is 91.3 Å². The van der Waals surface area contributed by atoms with Crippen molar-refractivity contribution < 1.29 is 19.5 Å².